The Morgan fingerprint density at radius 1 is 1.26 bits per heavy atom. The molecule has 3 aliphatic rings. The van der Waals surface area contributed by atoms with Crippen molar-refractivity contribution in [3.8, 4) is 6.07 Å². The van der Waals surface area contributed by atoms with Crippen molar-refractivity contribution >= 4 is 40.2 Å². The molecule has 4 heterocycles. The maximum absolute atomic E-state index is 13.0. The predicted octanol–water partition coefficient (Wildman–Crippen LogP) is 1.78. The number of hydrogen-bond donors (Lipinski definition) is 1. The lowest BCUT2D eigenvalue weighted by Gasteiger charge is -2.45. The average Bonchev–Trinajstić information content (AvgIpc) is 3.36. The van der Waals surface area contributed by atoms with E-state index in [1.807, 2.05) is 18.2 Å². The summed E-state index contributed by atoms with van der Waals surface area (Å²) in [6.07, 6.45) is 3.36. The van der Waals surface area contributed by atoms with E-state index < -0.39 is 6.04 Å². The van der Waals surface area contributed by atoms with Crippen molar-refractivity contribution in [3.05, 3.63) is 36.0 Å². The number of amides is 2. The van der Waals surface area contributed by atoms with Crippen molar-refractivity contribution in [3.63, 3.8) is 0 Å². The molecule has 1 aromatic heterocycles. The molecule has 0 bridgehead atoms. The number of nitrogens with zero attached hydrogens (tertiary/aromatic N) is 4. The highest BCUT2D eigenvalue weighted by Gasteiger charge is 2.38. The van der Waals surface area contributed by atoms with Crippen molar-refractivity contribution in [1.82, 2.24) is 15.2 Å². The van der Waals surface area contributed by atoms with Crippen molar-refractivity contribution in [2.45, 2.75) is 24.5 Å². The van der Waals surface area contributed by atoms with E-state index in [2.05, 4.69) is 21.3 Å². The SMILES string of the molecule is N#C[C@@H]1CSCN1C(=O)CNC(=O)c1ccnc2ccc(N3CCOC4(CCOCC4)C3)cc12. The van der Waals surface area contributed by atoms with Gasteiger partial charge in [-0.25, -0.2) is 0 Å². The molecule has 0 aliphatic carbocycles. The lowest BCUT2D eigenvalue weighted by Crippen LogP contribution is -2.54. The Hall–Kier alpha value is -2.87. The first-order chi connectivity index (χ1) is 16.6. The number of anilines is 1. The second kappa shape index (κ2) is 9.78. The van der Waals surface area contributed by atoms with E-state index in [9.17, 15) is 14.9 Å². The van der Waals surface area contributed by atoms with Gasteiger partial charge in [0.25, 0.3) is 5.91 Å². The molecule has 178 valence electrons. The van der Waals surface area contributed by atoms with Crippen LogP contribution in [0.1, 0.15) is 23.2 Å². The summed E-state index contributed by atoms with van der Waals surface area (Å²) in [5.41, 5.74) is 2.03. The number of ether oxygens (including phenoxy) is 2. The molecule has 1 aromatic carbocycles. The van der Waals surface area contributed by atoms with E-state index >= 15 is 0 Å². The van der Waals surface area contributed by atoms with E-state index in [0.29, 0.717) is 37.0 Å². The fraction of sp³-hybridized carbons (Fsp3) is 0.500. The molecule has 9 nitrogen and oxygen atoms in total. The Morgan fingerprint density at radius 2 is 2.12 bits per heavy atom. The van der Waals surface area contributed by atoms with Crippen LogP contribution in [-0.4, -0.2) is 84.4 Å². The van der Waals surface area contributed by atoms with Crippen LogP contribution >= 0.6 is 11.8 Å². The largest absolute Gasteiger partial charge is 0.381 e. The van der Waals surface area contributed by atoms with Crippen LogP contribution in [0.25, 0.3) is 10.9 Å². The van der Waals surface area contributed by atoms with E-state index in [-0.39, 0.29) is 24.0 Å². The van der Waals surface area contributed by atoms with Crippen molar-refractivity contribution < 1.29 is 19.1 Å². The van der Waals surface area contributed by atoms with Gasteiger partial charge in [0, 0.05) is 62.2 Å². The molecule has 3 fully saturated rings. The number of morpholine rings is 1. The van der Waals surface area contributed by atoms with Crippen molar-refractivity contribution in [2.24, 2.45) is 0 Å². The number of thioether (sulfide) groups is 1. The van der Waals surface area contributed by atoms with Gasteiger partial charge in [0.2, 0.25) is 5.91 Å². The quantitative estimate of drug-likeness (QED) is 0.704. The summed E-state index contributed by atoms with van der Waals surface area (Å²) in [5, 5.41) is 12.7. The van der Waals surface area contributed by atoms with Crippen LogP contribution in [0.5, 0.6) is 0 Å². The molecule has 3 aliphatic heterocycles. The highest BCUT2D eigenvalue weighted by molar-refractivity contribution is 7.99. The molecule has 1 N–H and O–H groups in total. The number of carbonyl (C=O) groups excluding carboxylic acids is 2. The monoisotopic (exact) mass is 481 g/mol. The van der Waals surface area contributed by atoms with Gasteiger partial charge < -0.3 is 24.6 Å². The summed E-state index contributed by atoms with van der Waals surface area (Å²) in [7, 11) is 0. The predicted molar refractivity (Wildman–Crippen MR) is 129 cm³/mol. The van der Waals surface area contributed by atoms with Crippen LogP contribution in [0, 0.1) is 11.3 Å². The molecule has 1 spiro atoms. The van der Waals surface area contributed by atoms with Gasteiger partial charge in [0.05, 0.1) is 41.8 Å². The highest BCUT2D eigenvalue weighted by Crippen LogP contribution is 2.33. The summed E-state index contributed by atoms with van der Waals surface area (Å²) < 4.78 is 11.7. The van der Waals surface area contributed by atoms with E-state index in [4.69, 9.17) is 9.47 Å². The Morgan fingerprint density at radius 3 is 2.94 bits per heavy atom. The third-order valence-corrected chi connectivity index (χ3v) is 7.75. The summed E-state index contributed by atoms with van der Waals surface area (Å²) in [6.45, 7) is 3.49. The first-order valence-electron chi connectivity index (χ1n) is 11.5. The summed E-state index contributed by atoms with van der Waals surface area (Å²) >= 11 is 1.54. The molecule has 1 atom stereocenters. The second-order valence-corrected chi connectivity index (χ2v) is 9.82. The Bertz CT molecular complexity index is 1120. The van der Waals surface area contributed by atoms with Gasteiger partial charge in [0.1, 0.15) is 6.04 Å². The topological polar surface area (TPSA) is 108 Å². The van der Waals surface area contributed by atoms with Crippen LogP contribution < -0.4 is 10.2 Å². The number of rotatable bonds is 4. The number of benzene rings is 1. The Balaban J connectivity index is 1.33. The maximum atomic E-state index is 13.0. The molecule has 34 heavy (non-hydrogen) atoms. The summed E-state index contributed by atoms with van der Waals surface area (Å²) in [4.78, 5) is 33.8. The Labute approximate surface area is 202 Å². The minimum absolute atomic E-state index is 0.144. The Kier molecular flexibility index (Phi) is 6.59. The lowest BCUT2D eigenvalue weighted by molar-refractivity contribution is -0.129. The minimum Gasteiger partial charge on any atom is -0.381 e. The number of carbonyl (C=O) groups is 2. The van der Waals surface area contributed by atoms with Gasteiger partial charge in [0.15, 0.2) is 0 Å². The van der Waals surface area contributed by atoms with Gasteiger partial charge >= 0.3 is 0 Å². The van der Waals surface area contributed by atoms with E-state index in [1.54, 1.807) is 12.3 Å². The number of fused-ring (bicyclic) bond motifs is 1. The molecule has 2 amide bonds. The minimum atomic E-state index is -0.439. The fourth-order valence-corrected chi connectivity index (χ4v) is 5.89. The van der Waals surface area contributed by atoms with Crippen molar-refractivity contribution in [2.75, 3.05) is 56.0 Å². The van der Waals surface area contributed by atoms with Crippen molar-refractivity contribution in [1.29, 1.82) is 5.26 Å². The van der Waals surface area contributed by atoms with Crippen LogP contribution in [0.15, 0.2) is 30.5 Å². The van der Waals surface area contributed by atoms with Gasteiger partial charge in [-0.05, 0) is 24.3 Å². The van der Waals surface area contributed by atoms with Crippen LogP contribution in [-0.2, 0) is 14.3 Å². The first-order valence-corrected chi connectivity index (χ1v) is 12.6. The second-order valence-electron chi connectivity index (χ2n) is 8.82. The molecule has 0 unspecified atom stereocenters. The van der Waals surface area contributed by atoms with Crippen LogP contribution in [0.4, 0.5) is 5.69 Å². The lowest BCUT2D eigenvalue weighted by atomic mass is 9.92. The highest BCUT2D eigenvalue weighted by atomic mass is 32.2. The normalized spacial score (nSPS) is 22.0. The molecular formula is C24H27N5O4S. The number of pyridine rings is 1. The number of nitrogens with one attached hydrogen (secondary N) is 1. The summed E-state index contributed by atoms with van der Waals surface area (Å²) in [5.74, 6) is 0.492. The zero-order chi connectivity index (χ0) is 23.5. The van der Waals surface area contributed by atoms with E-state index in [1.165, 1.54) is 16.7 Å². The van der Waals surface area contributed by atoms with E-state index in [0.717, 1.165) is 42.5 Å². The zero-order valence-corrected chi connectivity index (χ0v) is 19.7. The van der Waals surface area contributed by atoms with Gasteiger partial charge in [-0.1, -0.05) is 0 Å². The third kappa shape index (κ3) is 4.56. The summed E-state index contributed by atoms with van der Waals surface area (Å²) in [6, 6.07) is 9.34. The average molecular weight is 482 g/mol. The van der Waals surface area contributed by atoms with Gasteiger partial charge in [-0.15, -0.1) is 11.8 Å². The molecule has 0 saturated carbocycles. The number of aromatic nitrogens is 1. The molecule has 3 saturated heterocycles. The molecule has 0 radical (unpaired) electrons. The number of nitriles is 1. The smallest absolute Gasteiger partial charge is 0.252 e. The molecular weight excluding hydrogens is 454 g/mol. The number of hydrogen-bond acceptors (Lipinski definition) is 8. The molecule has 10 heteroatoms. The zero-order valence-electron chi connectivity index (χ0n) is 18.9. The standard InChI is InChI=1S/C24H27N5O4S/c25-12-18-14-34-16-29(18)22(30)13-27-23(31)19-3-6-26-21-2-1-17(11-20(19)21)28-7-10-33-24(15-28)4-8-32-9-5-24/h1-3,6,11,18H,4-5,7-10,13-16H2,(H,27,31)/t18-/m1/s1. The van der Waals surface area contributed by atoms with Crippen LogP contribution in [0.3, 0.4) is 0 Å². The third-order valence-electron chi connectivity index (χ3n) is 6.74. The van der Waals surface area contributed by atoms with Crippen LogP contribution in [0.2, 0.25) is 0 Å². The van der Waals surface area contributed by atoms with Gasteiger partial charge in [-0.3, -0.25) is 14.6 Å². The fourth-order valence-electron chi connectivity index (χ4n) is 4.79. The molecule has 5 rings (SSSR count). The molecule has 2 aromatic rings. The van der Waals surface area contributed by atoms with Gasteiger partial charge in [-0.2, -0.15) is 5.26 Å². The maximum Gasteiger partial charge on any atom is 0.252 e. The first kappa shape index (κ1) is 22.9.